The zero-order valence-electron chi connectivity index (χ0n) is 8.92. The summed E-state index contributed by atoms with van der Waals surface area (Å²) in [5.74, 6) is 0.0312. The molecule has 3 rings (SSSR count). The van der Waals surface area contributed by atoms with E-state index in [4.69, 9.17) is 0 Å². The second-order valence-corrected chi connectivity index (χ2v) is 4.56. The lowest BCUT2D eigenvalue weighted by Crippen LogP contribution is -2.28. The predicted molar refractivity (Wildman–Crippen MR) is 60.2 cm³/mol. The summed E-state index contributed by atoms with van der Waals surface area (Å²) in [6, 6.07) is 5.73. The average Bonchev–Trinajstić information content (AvgIpc) is 2.82. The highest BCUT2D eigenvalue weighted by Gasteiger charge is 2.33. The van der Waals surface area contributed by atoms with E-state index in [1.807, 2.05) is 18.2 Å². The van der Waals surface area contributed by atoms with Crippen molar-refractivity contribution >= 4 is 11.6 Å². The lowest BCUT2D eigenvalue weighted by molar-refractivity contribution is -0.115. The maximum Gasteiger partial charge on any atom is 0.228 e. The Morgan fingerprint density at radius 3 is 3.00 bits per heavy atom. The minimum absolute atomic E-state index is 0.0312. The van der Waals surface area contributed by atoms with Gasteiger partial charge in [-0.05, 0) is 30.2 Å². The van der Waals surface area contributed by atoms with Crippen LogP contribution in [0.1, 0.15) is 17.5 Å². The highest BCUT2D eigenvalue weighted by atomic mass is 16.3. The maximum absolute atomic E-state index is 11.2. The van der Waals surface area contributed by atoms with Gasteiger partial charge < -0.3 is 15.7 Å². The van der Waals surface area contributed by atoms with Gasteiger partial charge in [-0.25, -0.2) is 0 Å². The van der Waals surface area contributed by atoms with Crippen molar-refractivity contribution in [2.45, 2.75) is 18.4 Å². The first-order valence-electron chi connectivity index (χ1n) is 5.54. The zero-order chi connectivity index (χ0) is 11.2. The number of anilines is 1. The minimum Gasteiger partial charge on any atom is -0.384 e. The molecule has 3 N–H and O–H groups in total. The number of aliphatic hydroxyl groups is 1. The summed E-state index contributed by atoms with van der Waals surface area (Å²) in [5, 5.41) is 16.3. The number of rotatable bonds is 1. The number of hydrogen-bond acceptors (Lipinski definition) is 3. The molecule has 1 atom stereocenters. The van der Waals surface area contributed by atoms with Crippen molar-refractivity contribution in [2.75, 3.05) is 18.4 Å². The number of benzene rings is 1. The molecule has 1 unspecified atom stereocenters. The molecule has 2 aliphatic rings. The third kappa shape index (κ3) is 1.42. The second kappa shape index (κ2) is 3.30. The van der Waals surface area contributed by atoms with E-state index in [0.29, 0.717) is 13.0 Å². The van der Waals surface area contributed by atoms with E-state index in [0.717, 1.165) is 29.8 Å². The zero-order valence-corrected chi connectivity index (χ0v) is 8.92. The van der Waals surface area contributed by atoms with Crippen molar-refractivity contribution in [1.82, 2.24) is 5.32 Å². The van der Waals surface area contributed by atoms with Gasteiger partial charge in [0.15, 0.2) is 0 Å². The average molecular weight is 218 g/mol. The van der Waals surface area contributed by atoms with Gasteiger partial charge in [-0.3, -0.25) is 4.79 Å². The number of fused-ring (bicyclic) bond motifs is 1. The standard InChI is InChI=1S/C12H14N2O2/c15-11-6-8-5-9(1-2-10(8)14-11)12(16)3-4-13-7-12/h1-2,5,13,16H,3-4,6-7H2,(H,14,15). The Morgan fingerprint density at radius 2 is 2.25 bits per heavy atom. The van der Waals surface area contributed by atoms with E-state index >= 15 is 0 Å². The number of β-amino-alcohol motifs (C(OH)–C–C–N with tert-alkyl or cyclic N) is 1. The Balaban J connectivity index is 1.98. The molecule has 1 aromatic carbocycles. The molecule has 0 aromatic heterocycles. The van der Waals surface area contributed by atoms with Crippen LogP contribution in [0.5, 0.6) is 0 Å². The van der Waals surface area contributed by atoms with Crippen LogP contribution in [0.15, 0.2) is 18.2 Å². The highest BCUT2D eigenvalue weighted by molar-refractivity contribution is 5.99. The molecule has 16 heavy (non-hydrogen) atoms. The van der Waals surface area contributed by atoms with Gasteiger partial charge in [0.05, 0.1) is 6.42 Å². The first-order valence-corrected chi connectivity index (χ1v) is 5.54. The summed E-state index contributed by atoms with van der Waals surface area (Å²) in [7, 11) is 0. The second-order valence-electron chi connectivity index (χ2n) is 4.56. The SMILES string of the molecule is O=C1Cc2cc(C3(O)CCNC3)ccc2N1. The molecule has 0 radical (unpaired) electrons. The third-order valence-corrected chi connectivity index (χ3v) is 3.40. The van der Waals surface area contributed by atoms with Crippen LogP contribution in [0.2, 0.25) is 0 Å². The monoisotopic (exact) mass is 218 g/mol. The molecule has 2 heterocycles. The van der Waals surface area contributed by atoms with Crippen molar-refractivity contribution in [1.29, 1.82) is 0 Å². The quantitative estimate of drug-likeness (QED) is 0.638. The molecule has 0 spiro atoms. The van der Waals surface area contributed by atoms with Gasteiger partial charge in [0, 0.05) is 12.2 Å². The van der Waals surface area contributed by atoms with Crippen LogP contribution in [-0.2, 0) is 16.8 Å². The molecule has 0 aliphatic carbocycles. The Labute approximate surface area is 93.7 Å². The molecule has 1 amide bonds. The third-order valence-electron chi connectivity index (χ3n) is 3.40. The number of carbonyl (C=O) groups excluding carboxylic acids is 1. The molecule has 2 aliphatic heterocycles. The van der Waals surface area contributed by atoms with E-state index in [1.165, 1.54) is 0 Å². The molecule has 1 aromatic rings. The van der Waals surface area contributed by atoms with Crippen molar-refractivity contribution < 1.29 is 9.90 Å². The van der Waals surface area contributed by atoms with Crippen LogP contribution >= 0.6 is 0 Å². The summed E-state index contributed by atoms with van der Waals surface area (Å²) in [5.41, 5.74) is 2.01. The van der Waals surface area contributed by atoms with E-state index in [1.54, 1.807) is 0 Å². The van der Waals surface area contributed by atoms with E-state index in [2.05, 4.69) is 10.6 Å². The molecular formula is C12H14N2O2. The maximum atomic E-state index is 11.2. The fourth-order valence-corrected chi connectivity index (χ4v) is 2.44. The van der Waals surface area contributed by atoms with E-state index in [-0.39, 0.29) is 5.91 Å². The van der Waals surface area contributed by atoms with Gasteiger partial charge in [-0.15, -0.1) is 0 Å². The summed E-state index contributed by atoms with van der Waals surface area (Å²) in [6.07, 6.45) is 1.15. The minimum atomic E-state index is -0.763. The fraction of sp³-hybridized carbons (Fsp3) is 0.417. The van der Waals surface area contributed by atoms with E-state index < -0.39 is 5.60 Å². The summed E-state index contributed by atoms with van der Waals surface area (Å²) in [4.78, 5) is 11.2. The van der Waals surface area contributed by atoms with Gasteiger partial charge in [-0.1, -0.05) is 12.1 Å². The Morgan fingerprint density at radius 1 is 1.38 bits per heavy atom. The van der Waals surface area contributed by atoms with Crippen molar-refractivity contribution in [2.24, 2.45) is 0 Å². The van der Waals surface area contributed by atoms with Gasteiger partial charge in [0.1, 0.15) is 5.60 Å². The van der Waals surface area contributed by atoms with Gasteiger partial charge in [0.25, 0.3) is 0 Å². The van der Waals surface area contributed by atoms with Crippen LogP contribution in [-0.4, -0.2) is 24.1 Å². The van der Waals surface area contributed by atoms with E-state index in [9.17, 15) is 9.90 Å². The lowest BCUT2D eigenvalue weighted by Gasteiger charge is -2.22. The first kappa shape index (κ1) is 9.81. The van der Waals surface area contributed by atoms with Crippen molar-refractivity contribution in [3.63, 3.8) is 0 Å². The Bertz CT molecular complexity index is 450. The topological polar surface area (TPSA) is 61.4 Å². The fourth-order valence-electron chi connectivity index (χ4n) is 2.44. The Kier molecular flexibility index (Phi) is 2.02. The molecule has 1 fully saturated rings. The van der Waals surface area contributed by atoms with Crippen LogP contribution in [0, 0.1) is 0 Å². The summed E-state index contributed by atoms with van der Waals surface area (Å²) < 4.78 is 0. The van der Waals surface area contributed by atoms with Gasteiger partial charge >= 0.3 is 0 Å². The van der Waals surface area contributed by atoms with Crippen molar-refractivity contribution in [3.8, 4) is 0 Å². The number of nitrogens with one attached hydrogen (secondary N) is 2. The Hall–Kier alpha value is -1.39. The molecule has 0 saturated carbocycles. The van der Waals surface area contributed by atoms with Crippen LogP contribution < -0.4 is 10.6 Å². The number of amides is 1. The van der Waals surface area contributed by atoms with Gasteiger partial charge in [-0.2, -0.15) is 0 Å². The largest absolute Gasteiger partial charge is 0.384 e. The summed E-state index contributed by atoms with van der Waals surface area (Å²) in [6.45, 7) is 1.43. The molecule has 1 saturated heterocycles. The lowest BCUT2D eigenvalue weighted by atomic mass is 9.91. The predicted octanol–water partition coefficient (Wildman–Crippen LogP) is 0.362. The van der Waals surface area contributed by atoms with Gasteiger partial charge in [0.2, 0.25) is 5.91 Å². The molecule has 4 heteroatoms. The summed E-state index contributed by atoms with van der Waals surface area (Å²) >= 11 is 0. The van der Waals surface area contributed by atoms with Crippen molar-refractivity contribution in [3.05, 3.63) is 29.3 Å². The normalized spacial score (nSPS) is 27.9. The molecule has 4 nitrogen and oxygen atoms in total. The molecule has 0 bridgehead atoms. The molecule has 84 valence electrons. The van der Waals surface area contributed by atoms with Crippen LogP contribution in [0.4, 0.5) is 5.69 Å². The smallest absolute Gasteiger partial charge is 0.228 e. The first-order chi connectivity index (χ1) is 7.67. The van der Waals surface area contributed by atoms with Crippen LogP contribution in [0.3, 0.4) is 0 Å². The highest BCUT2D eigenvalue weighted by Crippen LogP contribution is 2.32. The number of hydrogen-bond donors (Lipinski definition) is 3. The molecular weight excluding hydrogens is 204 g/mol. The van der Waals surface area contributed by atoms with Crippen LogP contribution in [0.25, 0.3) is 0 Å². The number of carbonyl (C=O) groups is 1.